The first-order valence-corrected chi connectivity index (χ1v) is 14.4. The summed E-state index contributed by atoms with van der Waals surface area (Å²) < 4.78 is 65.4. The van der Waals surface area contributed by atoms with Crippen molar-refractivity contribution in [1.82, 2.24) is 0 Å². The van der Waals surface area contributed by atoms with Gasteiger partial charge in [0.25, 0.3) is 10.1 Å². The van der Waals surface area contributed by atoms with Gasteiger partial charge in [0.2, 0.25) is 0 Å². The van der Waals surface area contributed by atoms with Gasteiger partial charge in [0.1, 0.15) is 10.7 Å². The van der Waals surface area contributed by atoms with Crippen molar-refractivity contribution in [3.05, 3.63) is 75.4 Å². The van der Waals surface area contributed by atoms with E-state index in [4.69, 9.17) is 4.18 Å². The highest BCUT2D eigenvalue weighted by atomic mass is 32.2. The van der Waals surface area contributed by atoms with Gasteiger partial charge in [0.05, 0.1) is 4.91 Å². The Kier molecular flexibility index (Phi) is 7.37. The third-order valence-electron chi connectivity index (χ3n) is 6.30. The van der Waals surface area contributed by atoms with Crippen LogP contribution in [-0.2, 0) is 24.4 Å². The van der Waals surface area contributed by atoms with Gasteiger partial charge in [-0.2, -0.15) is 16.8 Å². The lowest BCUT2D eigenvalue weighted by atomic mass is 9.80. The van der Waals surface area contributed by atoms with Gasteiger partial charge in [-0.1, -0.05) is 72.8 Å². The minimum absolute atomic E-state index is 0.0168. The van der Waals surface area contributed by atoms with Gasteiger partial charge in [-0.05, 0) is 64.2 Å². The van der Waals surface area contributed by atoms with Crippen LogP contribution in [0.15, 0.2) is 63.6 Å². The van der Waals surface area contributed by atoms with E-state index in [9.17, 15) is 21.4 Å². The van der Waals surface area contributed by atoms with E-state index in [1.54, 1.807) is 18.2 Å². The van der Waals surface area contributed by atoms with E-state index in [0.717, 1.165) is 22.3 Å². The van der Waals surface area contributed by atoms with Gasteiger partial charge in [-0.15, -0.1) is 0 Å². The number of allylic oxidation sites excluding steroid dienone is 6. The maximum atomic E-state index is 13.6. The molecule has 8 heteroatoms. The molecule has 0 aromatic heterocycles. The van der Waals surface area contributed by atoms with Gasteiger partial charge in [-0.3, -0.25) is 4.55 Å². The minimum atomic E-state index is -4.31. The van der Waals surface area contributed by atoms with Crippen LogP contribution in [0.1, 0.15) is 82.9 Å². The van der Waals surface area contributed by atoms with Crippen molar-refractivity contribution in [3.8, 4) is 0 Å². The lowest BCUT2D eigenvalue weighted by Gasteiger charge is -2.28. The SMILES string of the molecule is CC(C)c1cc(C(C)C)c(S(=O)(=O)OC2=CC(C)C3C=C(S(=O)(=O)O)C=CC3=C2)c(C(C)C)c1. The first-order chi connectivity index (χ1) is 15.6. The Bertz CT molecular complexity index is 1280. The summed E-state index contributed by atoms with van der Waals surface area (Å²) in [6, 6.07) is 3.94. The highest BCUT2D eigenvalue weighted by molar-refractivity contribution is 7.90. The highest BCUT2D eigenvalue weighted by Gasteiger charge is 2.32. The van der Waals surface area contributed by atoms with E-state index in [1.165, 1.54) is 12.2 Å². The fourth-order valence-corrected chi connectivity index (χ4v) is 6.53. The van der Waals surface area contributed by atoms with Crippen LogP contribution in [0.5, 0.6) is 0 Å². The zero-order valence-corrected chi connectivity index (χ0v) is 22.4. The molecule has 0 radical (unpaired) electrons. The summed E-state index contributed by atoms with van der Waals surface area (Å²) in [5.41, 5.74) is 3.29. The van der Waals surface area contributed by atoms with Crippen molar-refractivity contribution in [2.45, 2.75) is 71.1 Å². The number of hydrogen-bond donors (Lipinski definition) is 1. The largest absolute Gasteiger partial charge is 0.379 e. The van der Waals surface area contributed by atoms with Crippen LogP contribution in [0.3, 0.4) is 0 Å². The number of hydrogen-bond acceptors (Lipinski definition) is 5. The Morgan fingerprint density at radius 1 is 0.853 bits per heavy atom. The Hall–Kier alpha value is -2.16. The van der Waals surface area contributed by atoms with Crippen LogP contribution in [0.4, 0.5) is 0 Å². The molecule has 0 bridgehead atoms. The van der Waals surface area contributed by atoms with Crippen LogP contribution in [0.25, 0.3) is 0 Å². The molecule has 0 fully saturated rings. The summed E-state index contributed by atoms with van der Waals surface area (Å²) in [5, 5.41) is 0. The zero-order valence-electron chi connectivity index (χ0n) is 20.7. The maximum Gasteiger partial charge on any atom is 0.339 e. The Morgan fingerprint density at radius 3 is 1.88 bits per heavy atom. The summed E-state index contributed by atoms with van der Waals surface area (Å²) >= 11 is 0. The molecule has 0 saturated carbocycles. The van der Waals surface area contributed by atoms with Crippen molar-refractivity contribution in [1.29, 1.82) is 0 Å². The van der Waals surface area contributed by atoms with Crippen molar-refractivity contribution < 1.29 is 25.6 Å². The molecule has 3 rings (SSSR count). The standard InChI is InChI=1S/C26H34O6S2/c1-15(2)20-12-23(16(3)4)26(24(13-20)17(5)6)34(30,31)32-21-10-18(7)25-14-22(33(27,28)29)9-8-19(25)11-21/h8-18,25H,1-7H3,(H,27,28,29). The van der Waals surface area contributed by atoms with Crippen molar-refractivity contribution in [3.63, 3.8) is 0 Å². The highest BCUT2D eigenvalue weighted by Crippen LogP contribution is 2.39. The molecule has 6 nitrogen and oxygen atoms in total. The molecular formula is C26H34O6S2. The molecule has 186 valence electrons. The van der Waals surface area contributed by atoms with Gasteiger partial charge in [-0.25, -0.2) is 0 Å². The minimum Gasteiger partial charge on any atom is -0.379 e. The summed E-state index contributed by atoms with van der Waals surface area (Å²) in [4.78, 5) is 0.0593. The molecule has 1 aromatic carbocycles. The van der Waals surface area contributed by atoms with E-state index >= 15 is 0 Å². The van der Waals surface area contributed by atoms with Crippen molar-refractivity contribution in [2.75, 3.05) is 0 Å². The Morgan fingerprint density at radius 2 is 1.41 bits per heavy atom. The number of fused-ring (bicyclic) bond motifs is 1. The molecule has 1 N–H and O–H groups in total. The van der Waals surface area contributed by atoms with Crippen LogP contribution in [0, 0.1) is 11.8 Å². The number of rotatable bonds is 7. The second-order valence-electron chi connectivity index (χ2n) is 10.0. The molecule has 0 heterocycles. The van der Waals surface area contributed by atoms with Crippen LogP contribution in [-0.4, -0.2) is 21.4 Å². The molecule has 0 saturated heterocycles. The fourth-order valence-electron chi connectivity index (χ4n) is 4.36. The molecule has 1 aromatic rings. The molecular weight excluding hydrogens is 472 g/mol. The fraction of sp³-hybridized carbons (Fsp3) is 0.462. The van der Waals surface area contributed by atoms with Gasteiger partial charge in [0, 0.05) is 5.92 Å². The quantitative estimate of drug-likeness (QED) is 0.350. The van der Waals surface area contributed by atoms with E-state index in [2.05, 4.69) is 13.8 Å². The average molecular weight is 507 g/mol. The third-order valence-corrected chi connectivity index (χ3v) is 8.56. The molecule has 0 spiro atoms. The molecule has 0 aliphatic heterocycles. The van der Waals surface area contributed by atoms with E-state index in [1.807, 2.05) is 46.8 Å². The van der Waals surface area contributed by atoms with E-state index in [-0.39, 0.29) is 45.1 Å². The summed E-state index contributed by atoms with van der Waals surface area (Å²) in [7, 11) is -8.45. The second-order valence-corrected chi connectivity index (χ2v) is 12.9. The van der Waals surface area contributed by atoms with Crippen LogP contribution in [0.2, 0.25) is 0 Å². The smallest absolute Gasteiger partial charge is 0.339 e. The summed E-state index contributed by atoms with van der Waals surface area (Å²) in [6.07, 6.45) is 7.65. The molecule has 2 aliphatic rings. The van der Waals surface area contributed by atoms with E-state index < -0.39 is 20.2 Å². The lowest BCUT2D eigenvalue weighted by Crippen LogP contribution is -2.20. The molecule has 2 atom stereocenters. The average Bonchev–Trinajstić information content (AvgIpc) is 2.71. The Balaban J connectivity index is 2.05. The topological polar surface area (TPSA) is 97.7 Å². The first kappa shape index (κ1) is 26.4. The van der Waals surface area contributed by atoms with Gasteiger partial charge >= 0.3 is 10.1 Å². The van der Waals surface area contributed by atoms with Crippen molar-refractivity contribution >= 4 is 20.2 Å². The molecule has 2 unspecified atom stereocenters. The molecule has 2 aliphatic carbocycles. The second kappa shape index (κ2) is 9.47. The van der Waals surface area contributed by atoms with E-state index in [0.29, 0.717) is 0 Å². The number of benzene rings is 1. The van der Waals surface area contributed by atoms with Gasteiger partial charge in [0.15, 0.2) is 0 Å². The van der Waals surface area contributed by atoms with Gasteiger partial charge < -0.3 is 4.18 Å². The summed E-state index contributed by atoms with van der Waals surface area (Å²) in [6.45, 7) is 13.9. The predicted molar refractivity (Wildman–Crippen MR) is 135 cm³/mol. The summed E-state index contributed by atoms with van der Waals surface area (Å²) in [5.74, 6) is -0.114. The van der Waals surface area contributed by atoms with Crippen LogP contribution < -0.4 is 0 Å². The molecule has 34 heavy (non-hydrogen) atoms. The zero-order chi connectivity index (χ0) is 25.6. The first-order valence-electron chi connectivity index (χ1n) is 11.5. The van der Waals surface area contributed by atoms with Crippen molar-refractivity contribution in [2.24, 2.45) is 11.8 Å². The monoisotopic (exact) mass is 506 g/mol. The van der Waals surface area contributed by atoms with Crippen LogP contribution >= 0.6 is 0 Å². The lowest BCUT2D eigenvalue weighted by molar-refractivity contribution is 0.402. The normalized spacial score (nSPS) is 20.9. The maximum absolute atomic E-state index is 13.6. The molecule has 0 amide bonds. The Labute approximate surface area is 204 Å². The predicted octanol–water partition coefficient (Wildman–Crippen LogP) is 6.18. The third kappa shape index (κ3) is 5.39.